The lowest BCUT2D eigenvalue weighted by atomic mass is 9.99. The molecule has 0 fully saturated rings. The van der Waals surface area contributed by atoms with Gasteiger partial charge in [-0.25, -0.2) is 0 Å². The van der Waals surface area contributed by atoms with Crippen LogP contribution in [-0.2, 0) is 6.54 Å². The molecule has 2 aromatic rings. The normalized spacial score (nSPS) is 11.0. The number of halogens is 1. The molecule has 0 bridgehead atoms. The Labute approximate surface area is 147 Å². The Morgan fingerprint density at radius 1 is 0.913 bits per heavy atom. The Kier molecular flexibility index (Phi) is 7.11. The Balaban J connectivity index is 0.00000264. The quantitative estimate of drug-likeness (QED) is 0.786. The van der Waals surface area contributed by atoms with Gasteiger partial charge in [0.25, 0.3) is 0 Å². The van der Waals surface area contributed by atoms with Crippen LogP contribution in [-0.4, -0.2) is 31.7 Å². The molecule has 0 atom stereocenters. The van der Waals surface area contributed by atoms with E-state index >= 15 is 0 Å². The molecule has 0 aliphatic carbocycles. The summed E-state index contributed by atoms with van der Waals surface area (Å²) in [6.07, 6.45) is 0. The molecular formula is C20H29ClN2. The second-order valence-electron chi connectivity index (χ2n) is 6.99. The molecule has 0 saturated heterocycles. The number of rotatable bonds is 6. The first-order chi connectivity index (χ1) is 10.4. The van der Waals surface area contributed by atoms with E-state index in [2.05, 4.69) is 76.6 Å². The van der Waals surface area contributed by atoms with Gasteiger partial charge in [-0.2, -0.15) is 0 Å². The number of aryl methyl sites for hydroxylation is 3. The first-order valence-corrected chi connectivity index (χ1v) is 8.05. The van der Waals surface area contributed by atoms with Crippen LogP contribution in [0.3, 0.4) is 0 Å². The van der Waals surface area contributed by atoms with Gasteiger partial charge in [0.05, 0.1) is 27.2 Å². The van der Waals surface area contributed by atoms with E-state index < -0.39 is 0 Å². The number of para-hydroxylation sites is 1. The summed E-state index contributed by atoms with van der Waals surface area (Å²) in [5.74, 6) is 0. The molecule has 0 radical (unpaired) electrons. The Morgan fingerprint density at radius 3 is 2.04 bits per heavy atom. The van der Waals surface area contributed by atoms with Gasteiger partial charge >= 0.3 is 0 Å². The van der Waals surface area contributed by atoms with Crippen LogP contribution in [0.15, 0.2) is 42.5 Å². The van der Waals surface area contributed by atoms with Crippen LogP contribution in [0.1, 0.15) is 22.3 Å². The molecule has 0 saturated carbocycles. The third-order valence-electron chi connectivity index (χ3n) is 4.25. The van der Waals surface area contributed by atoms with E-state index in [9.17, 15) is 0 Å². The number of nitrogens with one attached hydrogen (secondary N) is 1. The maximum absolute atomic E-state index is 3.51. The predicted molar refractivity (Wildman–Crippen MR) is 96.3 cm³/mol. The predicted octanol–water partition coefficient (Wildman–Crippen LogP) is 1.30. The topological polar surface area (TPSA) is 12.0 Å². The molecule has 0 aliphatic heterocycles. The van der Waals surface area contributed by atoms with Crippen LogP contribution in [0, 0.1) is 20.8 Å². The Hall–Kier alpha value is -1.51. The van der Waals surface area contributed by atoms with E-state index in [-0.39, 0.29) is 12.4 Å². The largest absolute Gasteiger partial charge is 1.00 e. The van der Waals surface area contributed by atoms with E-state index in [0.717, 1.165) is 24.1 Å². The molecule has 2 aromatic carbocycles. The summed E-state index contributed by atoms with van der Waals surface area (Å²) in [6.45, 7) is 9.81. The van der Waals surface area contributed by atoms with Gasteiger partial charge in [-0.15, -0.1) is 0 Å². The molecule has 1 N–H and O–H groups in total. The van der Waals surface area contributed by atoms with Gasteiger partial charge in [0, 0.05) is 11.3 Å². The molecule has 3 heteroatoms. The van der Waals surface area contributed by atoms with Gasteiger partial charge in [0.15, 0.2) is 0 Å². The second kappa shape index (κ2) is 8.37. The number of likely N-dealkylation sites (N-methyl/N-ethyl adjacent to an activating group) is 1. The van der Waals surface area contributed by atoms with Crippen LogP contribution >= 0.6 is 0 Å². The highest BCUT2D eigenvalue weighted by Crippen LogP contribution is 2.20. The second-order valence-corrected chi connectivity index (χ2v) is 6.99. The number of benzene rings is 2. The van der Waals surface area contributed by atoms with Gasteiger partial charge in [0.1, 0.15) is 6.54 Å². The molecule has 0 amide bonds. The van der Waals surface area contributed by atoms with Crippen molar-refractivity contribution in [1.82, 2.24) is 0 Å². The van der Waals surface area contributed by atoms with Crippen molar-refractivity contribution in [3.05, 3.63) is 64.7 Å². The lowest BCUT2D eigenvalue weighted by Crippen LogP contribution is -3.00. The van der Waals surface area contributed by atoms with Gasteiger partial charge in [-0.1, -0.05) is 35.9 Å². The van der Waals surface area contributed by atoms with Crippen molar-refractivity contribution < 1.29 is 16.9 Å². The zero-order valence-electron chi connectivity index (χ0n) is 15.0. The number of nitrogens with zero attached hydrogens (tertiary/aromatic N) is 1. The fraction of sp³-hybridized carbons (Fsp3) is 0.400. The average molecular weight is 333 g/mol. The summed E-state index contributed by atoms with van der Waals surface area (Å²) in [5.41, 5.74) is 6.88. The molecule has 0 heterocycles. The monoisotopic (exact) mass is 332 g/mol. The van der Waals surface area contributed by atoms with E-state index in [4.69, 9.17) is 0 Å². The van der Waals surface area contributed by atoms with Crippen LogP contribution in [0.5, 0.6) is 0 Å². The molecule has 126 valence electrons. The summed E-state index contributed by atoms with van der Waals surface area (Å²) < 4.78 is 0.991. The summed E-state index contributed by atoms with van der Waals surface area (Å²) in [4.78, 5) is 0. The summed E-state index contributed by atoms with van der Waals surface area (Å²) in [6, 6.07) is 15.0. The van der Waals surface area contributed by atoms with Crippen LogP contribution < -0.4 is 17.7 Å². The molecule has 2 rings (SSSR count). The Bertz CT molecular complexity index is 598. The number of hydrogen-bond donors (Lipinski definition) is 1. The van der Waals surface area contributed by atoms with Crippen molar-refractivity contribution in [3.63, 3.8) is 0 Å². The summed E-state index contributed by atoms with van der Waals surface area (Å²) >= 11 is 0. The molecule has 2 nitrogen and oxygen atoms in total. The molecule has 0 unspecified atom stereocenters. The van der Waals surface area contributed by atoms with Crippen molar-refractivity contribution in [3.8, 4) is 0 Å². The maximum Gasteiger partial charge on any atom is 0.105 e. The van der Waals surface area contributed by atoms with Crippen LogP contribution in [0.4, 0.5) is 5.69 Å². The lowest BCUT2D eigenvalue weighted by molar-refractivity contribution is -0.902. The third kappa shape index (κ3) is 5.89. The van der Waals surface area contributed by atoms with Crippen molar-refractivity contribution >= 4 is 5.69 Å². The molecule has 0 aromatic heterocycles. The minimum Gasteiger partial charge on any atom is -1.00 e. The number of anilines is 1. The number of hydrogen-bond acceptors (Lipinski definition) is 1. The summed E-state index contributed by atoms with van der Waals surface area (Å²) in [5, 5.41) is 3.51. The van der Waals surface area contributed by atoms with E-state index in [0.29, 0.717) is 0 Å². The van der Waals surface area contributed by atoms with Gasteiger partial charge in [-0.3, -0.25) is 0 Å². The van der Waals surface area contributed by atoms with Crippen molar-refractivity contribution in [2.45, 2.75) is 27.3 Å². The minimum absolute atomic E-state index is 0. The minimum atomic E-state index is 0. The SMILES string of the molecule is Cc1cc(C)c(C[N+](C)(C)CCNc2ccccc2)c(C)c1.[Cl-]. The first kappa shape index (κ1) is 19.5. The standard InChI is InChI=1S/C20H29N2.ClH/c1-16-13-17(2)20(18(3)14-16)15-22(4,5)12-11-21-19-9-7-6-8-10-19;/h6-10,13-14,21H,11-12,15H2,1-5H3;1H/q+1;/p-1. The zero-order chi connectivity index (χ0) is 16.2. The fourth-order valence-corrected chi connectivity index (χ4v) is 3.03. The zero-order valence-corrected chi connectivity index (χ0v) is 15.7. The number of quaternary nitrogens is 1. The van der Waals surface area contributed by atoms with Crippen LogP contribution in [0.25, 0.3) is 0 Å². The smallest absolute Gasteiger partial charge is 0.105 e. The first-order valence-electron chi connectivity index (χ1n) is 8.05. The maximum atomic E-state index is 3.51. The van der Waals surface area contributed by atoms with Gasteiger partial charge < -0.3 is 22.2 Å². The fourth-order valence-electron chi connectivity index (χ4n) is 3.03. The van der Waals surface area contributed by atoms with Crippen LogP contribution in [0.2, 0.25) is 0 Å². The highest BCUT2D eigenvalue weighted by atomic mass is 35.5. The lowest BCUT2D eigenvalue weighted by Gasteiger charge is -2.31. The van der Waals surface area contributed by atoms with Crippen molar-refractivity contribution in [1.29, 1.82) is 0 Å². The average Bonchev–Trinajstić information content (AvgIpc) is 2.44. The van der Waals surface area contributed by atoms with Gasteiger partial charge in [0.2, 0.25) is 0 Å². The molecule has 0 spiro atoms. The highest BCUT2D eigenvalue weighted by Gasteiger charge is 2.18. The van der Waals surface area contributed by atoms with E-state index in [1.54, 1.807) is 0 Å². The molecule has 0 aliphatic rings. The third-order valence-corrected chi connectivity index (χ3v) is 4.25. The highest BCUT2D eigenvalue weighted by molar-refractivity contribution is 5.42. The van der Waals surface area contributed by atoms with E-state index in [1.165, 1.54) is 27.9 Å². The Morgan fingerprint density at radius 2 is 1.48 bits per heavy atom. The van der Waals surface area contributed by atoms with Crippen molar-refractivity contribution in [2.75, 3.05) is 32.5 Å². The van der Waals surface area contributed by atoms with E-state index in [1.807, 2.05) is 6.07 Å². The van der Waals surface area contributed by atoms with Gasteiger partial charge in [-0.05, 0) is 44.0 Å². The van der Waals surface area contributed by atoms with Crippen molar-refractivity contribution in [2.24, 2.45) is 0 Å². The molecule has 23 heavy (non-hydrogen) atoms. The summed E-state index contributed by atoms with van der Waals surface area (Å²) in [7, 11) is 4.62. The molecular weight excluding hydrogens is 304 g/mol.